The highest BCUT2D eigenvalue weighted by atomic mass is 14.7. The number of benzene rings is 1. The molecule has 0 saturated carbocycles. The van der Waals surface area contributed by atoms with Crippen LogP contribution < -0.4 is 0 Å². The van der Waals surface area contributed by atoms with E-state index in [-0.39, 0.29) is 0 Å². The van der Waals surface area contributed by atoms with Crippen molar-refractivity contribution in [3.05, 3.63) is 54.2 Å². The summed E-state index contributed by atoms with van der Waals surface area (Å²) in [6.07, 6.45) is 1.73. The Hall–Kier alpha value is -1.50. The highest BCUT2D eigenvalue weighted by molar-refractivity contribution is 6.39. The molecule has 1 aromatic heterocycles. The van der Waals surface area contributed by atoms with Gasteiger partial charge in [-0.05, 0) is 12.1 Å². The lowest BCUT2D eigenvalue weighted by atomic mass is 9.52. The summed E-state index contributed by atoms with van der Waals surface area (Å²) in [6.45, 7) is 1.77. The molecular weight excluding hydrogens is 192 g/mol. The zero-order valence-corrected chi connectivity index (χ0v) is 9.22. The second-order valence-electron chi connectivity index (χ2n) is 4.08. The molecule has 0 spiro atoms. The molecule has 0 saturated heterocycles. The van der Waals surface area contributed by atoms with Crippen molar-refractivity contribution in [2.24, 2.45) is 0 Å². The van der Waals surface area contributed by atoms with Gasteiger partial charge >= 0.3 is 0 Å². The van der Waals surface area contributed by atoms with E-state index in [0.29, 0.717) is 0 Å². The zero-order chi connectivity index (χ0) is 11.6. The molecule has 0 aliphatic heterocycles. The Morgan fingerprint density at radius 3 is 2.38 bits per heavy atom. The number of aromatic nitrogens is 1. The molecular formula is C13H11B2N. The van der Waals surface area contributed by atoms with E-state index in [9.17, 15) is 0 Å². The van der Waals surface area contributed by atoms with Gasteiger partial charge < -0.3 is 0 Å². The molecule has 0 bridgehead atoms. The monoisotopic (exact) mass is 203 g/mol. The lowest BCUT2D eigenvalue weighted by Gasteiger charge is -2.20. The maximum atomic E-state index is 5.85. The molecule has 0 fully saturated rings. The minimum atomic E-state index is -0.827. The molecule has 3 heteroatoms. The first-order valence-corrected chi connectivity index (χ1v) is 5.17. The summed E-state index contributed by atoms with van der Waals surface area (Å²) in [5, 5.41) is -0.827. The average Bonchev–Trinajstić information content (AvgIpc) is 2.29. The van der Waals surface area contributed by atoms with Crippen molar-refractivity contribution in [3.8, 4) is 11.3 Å². The third-order valence-corrected chi connectivity index (χ3v) is 2.45. The molecule has 74 valence electrons. The van der Waals surface area contributed by atoms with E-state index in [0.717, 1.165) is 16.8 Å². The Labute approximate surface area is 98.7 Å². The summed E-state index contributed by atoms with van der Waals surface area (Å²) in [7, 11) is 11.7. The van der Waals surface area contributed by atoms with Crippen LogP contribution in [0, 0.1) is 0 Å². The maximum absolute atomic E-state index is 5.85. The van der Waals surface area contributed by atoms with Gasteiger partial charge in [0.15, 0.2) is 0 Å². The third-order valence-electron chi connectivity index (χ3n) is 2.45. The molecule has 0 amide bonds. The van der Waals surface area contributed by atoms with E-state index in [1.165, 1.54) is 0 Å². The van der Waals surface area contributed by atoms with Gasteiger partial charge in [-0.3, -0.25) is 4.98 Å². The van der Waals surface area contributed by atoms with E-state index in [1.807, 2.05) is 42.5 Å². The Morgan fingerprint density at radius 1 is 1.06 bits per heavy atom. The van der Waals surface area contributed by atoms with Crippen molar-refractivity contribution in [2.45, 2.75) is 12.1 Å². The predicted molar refractivity (Wildman–Crippen MR) is 68.5 cm³/mol. The topological polar surface area (TPSA) is 12.9 Å². The van der Waals surface area contributed by atoms with E-state index in [1.54, 1.807) is 13.1 Å². The lowest BCUT2D eigenvalue weighted by molar-refractivity contribution is 0.966. The standard InChI is InChI=1S/C13H11B2N/c1-13(14,15)11-7-8-16-12(9-11)10-5-3-2-4-6-10/h2-9H,1H3. The van der Waals surface area contributed by atoms with E-state index >= 15 is 0 Å². The van der Waals surface area contributed by atoms with Crippen LogP contribution in [-0.4, -0.2) is 20.7 Å². The summed E-state index contributed by atoms with van der Waals surface area (Å²) in [4.78, 5) is 4.31. The summed E-state index contributed by atoms with van der Waals surface area (Å²) >= 11 is 0. The van der Waals surface area contributed by atoms with E-state index in [2.05, 4.69) is 4.98 Å². The van der Waals surface area contributed by atoms with Crippen molar-refractivity contribution in [1.29, 1.82) is 0 Å². The molecule has 0 N–H and O–H groups in total. The average molecular weight is 203 g/mol. The largest absolute Gasteiger partial charge is 0.256 e. The quantitative estimate of drug-likeness (QED) is 0.682. The molecule has 16 heavy (non-hydrogen) atoms. The van der Waals surface area contributed by atoms with Crippen LogP contribution in [0.25, 0.3) is 11.3 Å². The van der Waals surface area contributed by atoms with Gasteiger partial charge in [0, 0.05) is 11.8 Å². The predicted octanol–water partition coefficient (Wildman–Crippen LogP) is 2.26. The zero-order valence-electron chi connectivity index (χ0n) is 9.22. The molecule has 2 aromatic rings. The van der Waals surface area contributed by atoms with Crippen molar-refractivity contribution < 1.29 is 0 Å². The highest BCUT2D eigenvalue weighted by Crippen LogP contribution is 2.22. The first-order valence-electron chi connectivity index (χ1n) is 5.17. The van der Waals surface area contributed by atoms with Crippen LogP contribution in [0.4, 0.5) is 0 Å². The molecule has 0 aliphatic carbocycles. The third kappa shape index (κ3) is 2.35. The smallest absolute Gasteiger partial charge is 0.0704 e. The molecule has 1 aromatic carbocycles. The second kappa shape index (κ2) is 4.17. The number of rotatable bonds is 2. The van der Waals surface area contributed by atoms with Crippen molar-refractivity contribution in [3.63, 3.8) is 0 Å². The SMILES string of the molecule is [B]C([B])(C)c1ccnc(-c2ccccc2)c1. The van der Waals surface area contributed by atoms with Crippen molar-refractivity contribution >= 4 is 15.7 Å². The number of pyridine rings is 1. The molecule has 0 atom stereocenters. The number of hydrogen-bond donors (Lipinski definition) is 0. The van der Waals surface area contributed by atoms with Crippen molar-refractivity contribution in [2.75, 3.05) is 0 Å². The summed E-state index contributed by atoms with van der Waals surface area (Å²) < 4.78 is 0. The molecule has 2 rings (SSSR count). The van der Waals surface area contributed by atoms with E-state index < -0.39 is 5.21 Å². The molecule has 4 radical (unpaired) electrons. The van der Waals surface area contributed by atoms with Crippen LogP contribution in [0.15, 0.2) is 48.7 Å². The van der Waals surface area contributed by atoms with Crippen LogP contribution in [0.5, 0.6) is 0 Å². The number of hydrogen-bond acceptors (Lipinski definition) is 1. The fourth-order valence-electron chi connectivity index (χ4n) is 1.53. The van der Waals surface area contributed by atoms with Gasteiger partial charge in [0.25, 0.3) is 0 Å². The first kappa shape index (κ1) is 11.0. The minimum absolute atomic E-state index is 0.827. The van der Waals surface area contributed by atoms with Crippen molar-refractivity contribution in [1.82, 2.24) is 4.98 Å². The Kier molecular flexibility index (Phi) is 2.86. The van der Waals surface area contributed by atoms with Gasteiger partial charge in [-0.25, -0.2) is 0 Å². The fraction of sp³-hybridized carbons (Fsp3) is 0.154. The molecule has 1 heterocycles. The Morgan fingerprint density at radius 2 is 1.75 bits per heavy atom. The van der Waals surface area contributed by atoms with Crippen LogP contribution in [-0.2, 0) is 5.21 Å². The second-order valence-corrected chi connectivity index (χ2v) is 4.08. The van der Waals surface area contributed by atoms with Crippen LogP contribution in [0.1, 0.15) is 12.5 Å². The van der Waals surface area contributed by atoms with Gasteiger partial charge in [-0.1, -0.05) is 48.0 Å². The Bertz CT molecular complexity index is 475. The fourth-order valence-corrected chi connectivity index (χ4v) is 1.53. The number of nitrogens with zero attached hydrogens (tertiary/aromatic N) is 1. The molecule has 1 nitrogen and oxygen atoms in total. The molecule has 0 aliphatic rings. The summed E-state index contributed by atoms with van der Waals surface area (Å²) in [5.41, 5.74) is 2.83. The van der Waals surface area contributed by atoms with Gasteiger partial charge in [0.2, 0.25) is 0 Å². The van der Waals surface area contributed by atoms with E-state index in [4.69, 9.17) is 15.7 Å². The Balaban J connectivity index is 2.45. The van der Waals surface area contributed by atoms with Gasteiger partial charge in [0.1, 0.15) is 0 Å². The minimum Gasteiger partial charge on any atom is -0.256 e. The summed E-state index contributed by atoms with van der Waals surface area (Å²) in [6, 6.07) is 13.7. The van der Waals surface area contributed by atoms with Gasteiger partial charge in [-0.15, -0.1) is 0 Å². The van der Waals surface area contributed by atoms with Crippen LogP contribution >= 0.6 is 0 Å². The molecule has 0 unspecified atom stereocenters. The first-order chi connectivity index (χ1) is 7.57. The normalized spacial score (nSPS) is 11.3. The highest BCUT2D eigenvalue weighted by Gasteiger charge is 2.13. The maximum Gasteiger partial charge on any atom is 0.0704 e. The van der Waals surface area contributed by atoms with Crippen LogP contribution in [0.2, 0.25) is 0 Å². The van der Waals surface area contributed by atoms with Gasteiger partial charge in [-0.2, -0.15) is 0 Å². The summed E-state index contributed by atoms with van der Waals surface area (Å²) in [5.74, 6) is 0. The van der Waals surface area contributed by atoms with Crippen LogP contribution in [0.3, 0.4) is 0 Å². The van der Waals surface area contributed by atoms with Gasteiger partial charge in [0.05, 0.1) is 21.4 Å². The lowest BCUT2D eigenvalue weighted by Crippen LogP contribution is -2.21.